The van der Waals surface area contributed by atoms with E-state index in [-0.39, 0.29) is 23.8 Å². The summed E-state index contributed by atoms with van der Waals surface area (Å²) in [5, 5.41) is 15.6. The number of carbonyl (C=O) groups excluding carboxylic acids is 2. The first-order chi connectivity index (χ1) is 17.1. The lowest BCUT2D eigenvalue weighted by Gasteiger charge is -2.33. The first kappa shape index (κ1) is 26.7. The fourth-order valence-electron chi connectivity index (χ4n) is 4.21. The van der Waals surface area contributed by atoms with E-state index in [1.54, 1.807) is 0 Å². The molecule has 190 valence electrons. The first-order valence-corrected chi connectivity index (χ1v) is 11.4. The summed E-state index contributed by atoms with van der Waals surface area (Å²) in [5.41, 5.74) is 2.08. The van der Waals surface area contributed by atoms with E-state index in [0.29, 0.717) is 24.6 Å². The van der Waals surface area contributed by atoms with Crippen molar-refractivity contribution in [2.24, 2.45) is 5.92 Å². The summed E-state index contributed by atoms with van der Waals surface area (Å²) >= 11 is 0. The van der Waals surface area contributed by atoms with Crippen LogP contribution >= 0.6 is 0 Å². The van der Waals surface area contributed by atoms with Crippen molar-refractivity contribution in [3.05, 3.63) is 82.9 Å². The van der Waals surface area contributed by atoms with Crippen LogP contribution in [0.3, 0.4) is 0 Å². The largest absolute Gasteiger partial charge is 0.478 e. The lowest BCUT2D eigenvalue weighted by molar-refractivity contribution is -0.134. The number of rotatable bonds is 7. The van der Waals surface area contributed by atoms with Crippen LogP contribution in [0.4, 0.5) is 8.78 Å². The van der Waals surface area contributed by atoms with Crippen LogP contribution in [-0.4, -0.2) is 69.8 Å². The van der Waals surface area contributed by atoms with Crippen LogP contribution < -0.4 is 0 Å². The zero-order chi connectivity index (χ0) is 26.2. The molecule has 0 aromatic heterocycles. The molecular formula is C26H26F2N2O6. The summed E-state index contributed by atoms with van der Waals surface area (Å²) in [7, 11) is 0. The second-order valence-electron chi connectivity index (χ2n) is 8.62. The molecule has 10 heteroatoms. The topological polar surface area (TPSA) is 115 Å². The van der Waals surface area contributed by atoms with Crippen molar-refractivity contribution in [2.45, 2.75) is 19.4 Å². The van der Waals surface area contributed by atoms with E-state index >= 15 is 0 Å². The number of piperidine rings is 1. The van der Waals surface area contributed by atoms with E-state index in [2.05, 4.69) is 0 Å². The van der Waals surface area contributed by atoms with Crippen LogP contribution in [0.15, 0.2) is 54.6 Å². The smallest absolute Gasteiger partial charge is 0.328 e. The van der Waals surface area contributed by atoms with Crippen LogP contribution in [0.5, 0.6) is 0 Å². The molecule has 0 saturated carbocycles. The van der Waals surface area contributed by atoms with E-state index < -0.39 is 23.6 Å². The molecule has 0 radical (unpaired) electrons. The van der Waals surface area contributed by atoms with Gasteiger partial charge in [-0.3, -0.25) is 14.5 Å². The number of halogens is 2. The Morgan fingerprint density at radius 1 is 0.944 bits per heavy atom. The maximum absolute atomic E-state index is 13.3. The Morgan fingerprint density at radius 3 is 2.17 bits per heavy atom. The number of carbonyl (C=O) groups is 4. The van der Waals surface area contributed by atoms with E-state index in [0.717, 1.165) is 55.7 Å². The minimum absolute atomic E-state index is 0.103. The average molecular weight is 500 g/mol. The van der Waals surface area contributed by atoms with Crippen molar-refractivity contribution in [2.75, 3.05) is 26.2 Å². The molecule has 1 fully saturated rings. The van der Waals surface area contributed by atoms with Gasteiger partial charge in [0.2, 0.25) is 0 Å². The molecule has 0 bridgehead atoms. The number of Topliss-reactive ketones (excluding diaryl/α,β-unsaturated/α-hetero) is 1. The third-order valence-electron chi connectivity index (χ3n) is 6.06. The van der Waals surface area contributed by atoms with E-state index in [9.17, 15) is 28.0 Å². The molecule has 2 aliphatic rings. The molecule has 2 N–H and O–H groups in total. The predicted octanol–water partition coefficient (Wildman–Crippen LogP) is 3.23. The lowest BCUT2D eigenvalue weighted by atomic mass is 9.95. The Labute approximate surface area is 206 Å². The normalized spacial score (nSPS) is 15.9. The van der Waals surface area contributed by atoms with Gasteiger partial charge in [0, 0.05) is 36.4 Å². The van der Waals surface area contributed by atoms with Gasteiger partial charge in [-0.15, -0.1) is 0 Å². The van der Waals surface area contributed by atoms with Gasteiger partial charge in [-0.2, -0.15) is 0 Å². The summed E-state index contributed by atoms with van der Waals surface area (Å²) < 4.78 is 26.3. The molecule has 0 unspecified atom stereocenters. The summed E-state index contributed by atoms with van der Waals surface area (Å²) in [6.45, 7) is 3.12. The highest BCUT2D eigenvalue weighted by Crippen LogP contribution is 2.26. The fourth-order valence-corrected chi connectivity index (χ4v) is 4.21. The second-order valence-corrected chi connectivity index (χ2v) is 8.62. The van der Waals surface area contributed by atoms with Crippen LogP contribution in [0, 0.1) is 17.6 Å². The van der Waals surface area contributed by atoms with Crippen molar-refractivity contribution >= 4 is 23.6 Å². The third-order valence-corrected chi connectivity index (χ3v) is 6.06. The quantitative estimate of drug-likeness (QED) is 0.443. The van der Waals surface area contributed by atoms with Crippen molar-refractivity contribution in [1.82, 2.24) is 9.80 Å². The lowest BCUT2D eigenvalue weighted by Crippen LogP contribution is -2.41. The number of aliphatic carboxylic acids is 2. The molecule has 8 nitrogen and oxygen atoms in total. The molecule has 2 aliphatic heterocycles. The fraction of sp³-hybridized carbons (Fsp3) is 0.308. The number of fused-ring (bicyclic) bond motifs is 1. The Morgan fingerprint density at radius 2 is 1.58 bits per heavy atom. The monoisotopic (exact) mass is 500 g/mol. The van der Waals surface area contributed by atoms with Gasteiger partial charge in [-0.1, -0.05) is 18.2 Å². The van der Waals surface area contributed by atoms with Crippen LogP contribution in [0.1, 0.15) is 39.1 Å². The Bertz CT molecular complexity index is 1160. The van der Waals surface area contributed by atoms with Crippen molar-refractivity contribution in [3.63, 3.8) is 0 Å². The minimum Gasteiger partial charge on any atom is -0.478 e. The Kier molecular flexibility index (Phi) is 9.02. The zero-order valence-corrected chi connectivity index (χ0v) is 19.4. The van der Waals surface area contributed by atoms with Gasteiger partial charge >= 0.3 is 11.9 Å². The second kappa shape index (κ2) is 12.2. The predicted molar refractivity (Wildman–Crippen MR) is 125 cm³/mol. The van der Waals surface area contributed by atoms with Crippen molar-refractivity contribution in [1.29, 1.82) is 0 Å². The van der Waals surface area contributed by atoms with Gasteiger partial charge in [0.1, 0.15) is 0 Å². The van der Waals surface area contributed by atoms with Crippen molar-refractivity contribution in [3.8, 4) is 0 Å². The zero-order valence-electron chi connectivity index (χ0n) is 19.4. The summed E-state index contributed by atoms with van der Waals surface area (Å²) in [6.07, 6.45) is 2.93. The van der Waals surface area contributed by atoms with Crippen molar-refractivity contribution < 1.29 is 38.2 Å². The van der Waals surface area contributed by atoms with E-state index in [4.69, 9.17) is 10.2 Å². The number of carboxylic acid groups (broad SMARTS) is 2. The standard InChI is InChI=1S/C22H22F2N2O2.C4H4O4/c23-19-6-5-16(11-20(19)24)21(27)14-25-9-7-15(8-10-25)12-26-13-17-3-1-2-4-18(17)22(26)28;5-3(6)1-2-4(7)8/h1-6,11,15H,7-10,12-14H2;1-2H,(H,5,6)(H,7,8)/b;2-1+. The van der Waals surface area contributed by atoms with E-state index in [1.165, 1.54) is 6.07 Å². The number of benzene rings is 2. The van der Waals surface area contributed by atoms with Gasteiger partial charge in [-0.25, -0.2) is 18.4 Å². The minimum atomic E-state index is -1.26. The molecule has 36 heavy (non-hydrogen) atoms. The molecule has 1 saturated heterocycles. The molecule has 2 aromatic carbocycles. The maximum atomic E-state index is 13.3. The Balaban J connectivity index is 0.000000392. The Hall–Kier alpha value is -3.92. The molecular weight excluding hydrogens is 474 g/mol. The van der Waals surface area contributed by atoms with Gasteiger partial charge in [0.15, 0.2) is 17.4 Å². The first-order valence-electron chi connectivity index (χ1n) is 11.4. The molecule has 0 spiro atoms. The summed E-state index contributed by atoms with van der Waals surface area (Å²) in [5.74, 6) is -4.15. The highest BCUT2D eigenvalue weighted by atomic mass is 19.2. The number of hydrogen-bond acceptors (Lipinski definition) is 5. The SMILES string of the molecule is O=C(CN1CCC(CN2Cc3ccccc3C2=O)CC1)c1ccc(F)c(F)c1.O=C(O)/C=C/C(=O)O. The van der Waals surface area contributed by atoms with Gasteiger partial charge in [0.05, 0.1) is 6.54 Å². The number of amides is 1. The van der Waals surface area contributed by atoms with Crippen LogP contribution in [0.2, 0.25) is 0 Å². The van der Waals surface area contributed by atoms with Gasteiger partial charge in [0.25, 0.3) is 5.91 Å². The van der Waals surface area contributed by atoms with Gasteiger partial charge in [-0.05, 0) is 61.7 Å². The highest BCUT2D eigenvalue weighted by molar-refractivity contribution is 5.98. The molecule has 0 atom stereocenters. The number of ketones is 1. The van der Waals surface area contributed by atoms with Crippen LogP contribution in [0.25, 0.3) is 0 Å². The third kappa shape index (κ3) is 7.29. The van der Waals surface area contributed by atoms with Crippen LogP contribution in [-0.2, 0) is 16.1 Å². The molecule has 2 aromatic rings. The van der Waals surface area contributed by atoms with Gasteiger partial charge < -0.3 is 15.1 Å². The number of hydrogen-bond donors (Lipinski definition) is 2. The maximum Gasteiger partial charge on any atom is 0.328 e. The number of likely N-dealkylation sites (tertiary alicyclic amines) is 1. The molecule has 1 amide bonds. The van der Waals surface area contributed by atoms with E-state index in [1.807, 2.05) is 34.1 Å². The molecule has 2 heterocycles. The number of nitrogens with zero attached hydrogens (tertiary/aromatic N) is 2. The summed E-state index contributed by atoms with van der Waals surface area (Å²) in [6, 6.07) is 11.0. The number of carboxylic acids is 2. The summed E-state index contributed by atoms with van der Waals surface area (Å²) in [4.78, 5) is 47.9. The highest BCUT2D eigenvalue weighted by Gasteiger charge is 2.30. The molecule has 4 rings (SSSR count). The molecule has 0 aliphatic carbocycles. The average Bonchev–Trinajstić information content (AvgIpc) is 3.16.